The van der Waals surface area contributed by atoms with Crippen LogP contribution in [0.2, 0.25) is 0 Å². The molecule has 0 saturated carbocycles. The van der Waals surface area contributed by atoms with Crippen LogP contribution >= 0.6 is 0 Å². The highest BCUT2D eigenvalue weighted by atomic mass is 15.2. The molecular weight excluding hydrogens is 258 g/mol. The van der Waals surface area contributed by atoms with E-state index in [1.165, 1.54) is 29.5 Å². The molecule has 1 saturated heterocycles. The Hall–Kier alpha value is -2.03. The molecule has 0 radical (unpaired) electrons. The molecule has 1 N–H and O–H groups in total. The zero-order valence-corrected chi connectivity index (χ0v) is 12.9. The maximum absolute atomic E-state index is 4.58. The van der Waals surface area contributed by atoms with Gasteiger partial charge in [0.15, 0.2) is 5.82 Å². The summed E-state index contributed by atoms with van der Waals surface area (Å²) in [6, 6.07) is 10.6. The molecule has 110 valence electrons. The lowest BCUT2D eigenvalue weighted by Crippen LogP contribution is -2.20. The van der Waals surface area contributed by atoms with Gasteiger partial charge in [-0.15, -0.1) is 0 Å². The second kappa shape index (κ2) is 6.17. The Labute approximate surface area is 127 Å². The molecule has 0 spiro atoms. The third-order valence-electron chi connectivity index (χ3n) is 4.38. The van der Waals surface area contributed by atoms with Crippen LogP contribution in [0.1, 0.15) is 29.5 Å². The van der Waals surface area contributed by atoms with E-state index in [0.717, 1.165) is 31.1 Å². The molecular formula is C18H23N3. The maximum atomic E-state index is 4.58. The molecule has 1 fully saturated rings. The molecule has 0 aliphatic carbocycles. The van der Waals surface area contributed by atoms with Crippen molar-refractivity contribution in [1.82, 2.24) is 4.98 Å². The number of pyridine rings is 1. The summed E-state index contributed by atoms with van der Waals surface area (Å²) in [5.74, 6) is 1.10. The monoisotopic (exact) mass is 281 g/mol. The molecule has 2 aromatic rings. The van der Waals surface area contributed by atoms with Crippen LogP contribution in [-0.2, 0) is 6.54 Å². The predicted molar refractivity (Wildman–Crippen MR) is 88.9 cm³/mol. The molecule has 3 rings (SSSR count). The van der Waals surface area contributed by atoms with Crippen molar-refractivity contribution in [3.63, 3.8) is 0 Å². The standard InChI is InChI=1S/C18H23N3/c1-14-7-5-8-16(15(14)2)13-20-17-9-6-10-19-18(17)21-11-3-4-12-21/h5-10,20H,3-4,11-13H2,1-2H3. The molecule has 1 aromatic carbocycles. The van der Waals surface area contributed by atoms with Crippen molar-refractivity contribution in [3.8, 4) is 0 Å². The first-order valence-corrected chi connectivity index (χ1v) is 7.74. The lowest BCUT2D eigenvalue weighted by atomic mass is 10.0. The highest BCUT2D eigenvalue weighted by molar-refractivity contribution is 5.65. The van der Waals surface area contributed by atoms with Gasteiger partial charge in [-0.05, 0) is 55.5 Å². The smallest absolute Gasteiger partial charge is 0.151 e. The average Bonchev–Trinajstić information content (AvgIpc) is 3.03. The summed E-state index contributed by atoms with van der Waals surface area (Å²) in [5, 5.41) is 3.57. The molecule has 3 heteroatoms. The minimum Gasteiger partial charge on any atom is -0.378 e. The van der Waals surface area contributed by atoms with E-state index < -0.39 is 0 Å². The second-order valence-corrected chi connectivity index (χ2v) is 5.78. The fraction of sp³-hybridized carbons (Fsp3) is 0.389. The summed E-state index contributed by atoms with van der Waals surface area (Å²) < 4.78 is 0. The van der Waals surface area contributed by atoms with Gasteiger partial charge in [-0.1, -0.05) is 18.2 Å². The number of rotatable bonds is 4. The van der Waals surface area contributed by atoms with E-state index in [2.05, 4.69) is 53.3 Å². The summed E-state index contributed by atoms with van der Waals surface area (Å²) in [6.07, 6.45) is 4.43. The average molecular weight is 281 g/mol. The van der Waals surface area contributed by atoms with Crippen molar-refractivity contribution in [3.05, 3.63) is 53.2 Å². The Morgan fingerprint density at radius 2 is 1.90 bits per heavy atom. The van der Waals surface area contributed by atoms with E-state index in [1.54, 1.807) is 0 Å². The van der Waals surface area contributed by atoms with E-state index >= 15 is 0 Å². The maximum Gasteiger partial charge on any atom is 0.151 e. The molecule has 3 nitrogen and oxygen atoms in total. The number of nitrogens with zero attached hydrogens (tertiary/aromatic N) is 2. The van der Waals surface area contributed by atoms with Crippen molar-refractivity contribution in [2.75, 3.05) is 23.3 Å². The third-order valence-corrected chi connectivity index (χ3v) is 4.38. The van der Waals surface area contributed by atoms with Gasteiger partial charge in [0.05, 0.1) is 5.69 Å². The summed E-state index contributed by atoms with van der Waals surface area (Å²) in [6.45, 7) is 7.44. The topological polar surface area (TPSA) is 28.2 Å². The predicted octanol–water partition coefficient (Wildman–Crippen LogP) is 3.91. The van der Waals surface area contributed by atoms with Crippen LogP contribution in [0.3, 0.4) is 0 Å². The Kier molecular flexibility index (Phi) is 4.09. The number of hydrogen-bond acceptors (Lipinski definition) is 3. The highest BCUT2D eigenvalue weighted by Gasteiger charge is 2.16. The highest BCUT2D eigenvalue weighted by Crippen LogP contribution is 2.26. The Balaban J connectivity index is 1.77. The normalized spacial score (nSPS) is 14.5. The van der Waals surface area contributed by atoms with Gasteiger partial charge in [0.1, 0.15) is 0 Å². The molecule has 2 heterocycles. The first-order valence-electron chi connectivity index (χ1n) is 7.74. The zero-order valence-electron chi connectivity index (χ0n) is 12.9. The SMILES string of the molecule is Cc1cccc(CNc2cccnc2N2CCCC2)c1C. The van der Waals surface area contributed by atoms with Crippen LogP contribution in [-0.4, -0.2) is 18.1 Å². The molecule has 1 aliphatic heterocycles. The van der Waals surface area contributed by atoms with E-state index in [0.29, 0.717) is 0 Å². The number of anilines is 2. The van der Waals surface area contributed by atoms with Crippen LogP contribution in [0.15, 0.2) is 36.5 Å². The van der Waals surface area contributed by atoms with Gasteiger partial charge in [0, 0.05) is 25.8 Å². The van der Waals surface area contributed by atoms with Gasteiger partial charge < -0.3 is 10.2 Å². The van der Waals surface area contributed by atoms with Gasteiger partial charge in [0.25, 0.3) is 0 Å². The summed E-state index contributed by atoms with van der Waals surface area (Å²) in [4.78, 5) is 6.96. The zero-order chi connectivity index (χ0) is 14.7. The molecule has 1 aliphatic rings. The Morgan fingerprint density at radius 1 is 1.10 bits per heavy atom. The summed E-state index contributed by atoms with van der Waals surface area (Å²) >= 11 is 0. The van der Waals surface area contributed by atoms with Gasteiger partial charge >= 0.3 is 0 Å². The second-order valence-electron chi connectivity index (χ2n) is 5.78. The van der Waals surface area contributed by atoms with E-state index in [9.17, 15) is 0 Å². The molecule has 0 amide bonds. The number of nitrogens with one attached hydrogen (secondary N) is 1. The minimum absolute atomic E-state index is 0.847. The molecule has 21 heavy (non-hydrogen) atoms. The van der Waals surface area contributed by atoms with Crippen molar-refractivity contribution >= 4 is 11.5 Å². The molecule has 0 bridgehead atoms. The fourth-order valence-electron chi connectivity index (χ4n) is 2.91. The first-order chi connectivity index (χ1) is 10.3. The lowest BCUT2D eigenvalue weighted by molar-refractivity contribution is 0.934. The fourth-order valence-corrected chi connectivity index (χ4v) is 2.91. The number of aromatic nitrogens is 1. The molecule has 0 unspecified atom stereocenters. The van der Waals surface area contributed by atoms with Crippen LogP contribution in [0, 0.1) is 13.8 Å². The van der Waals surface area contributed by atoms with Crippen LogP contribution in [0.4, 0.5) is 11.5 Å². The number of benzene rings is 1. The van der Waals surface area contributed by atoms with Gasteiger partial charge in [-0.3, -0.25) is 0 Å². The lowest BCUT2D eigenvalue weighted by Gasteiger charge is -2.21. The largest absolute Gasteiger partial charge is 0.378 e. The summed E-state index contributed by atoms with van der Waals surface area (Å²) in [5.41, 5.74) is 5.21. The van der Waals surface area contributed by atoms with Gasteiger partial charge in [0.2, 0.25) is 0 Å². The van der Waals surface area contributed by atoms with Crippen LogP contribution in [0.25, 0.3) is 0 Å². The van der Waals surface area contributed by atoms with Gasteiger partial charge in [-0.2, -0.15) is 0 Å². The van der Waals surface area contributed by atoms with Crippen LogP contribution in [0.5, 0.6) is 0 Å². The van der Waals surface area contributed by atoms with Crippen molar-refractivity contribution < 1.29 is 0 Å². The number of aryl methyl sites for hydroxylation is 1. The van der Waals surface area contributed by atoms with E-state index in [4.69, 9.17) is 0 Å². The molecule has 1 aromatic heterocycles. The Bertz CT molecular complexity index is 616. The van der Waals surface area contributed by atoms with Crippen molar-refractivity contribution in [2.24, 2.45) is 0 Å². The quantitative estimate of drug-likeness (QED) is 0.921. The van der Waals surface area contributed by atoms with Crippen molar-refractivity contribution in [2.45, 2.75) is 33.2 Å². The van der Waals surface area contributed by atoms with Crippen LogP contribution < -0.4 is 10.2 Å². The molecule has 0 atom stereocenters. The first kappa shape index (κ1) is 13.9. The van der Waals surface area contributed by atoms with E-state index in [-0.39, 0.29) is 0 Å². The van der Waals surface area contributed by atoms with E-state index in [1.807, 2.05) is 12.3 Å². The number of hydrogen-bond donors (Lipinski definition) is 1. The van der Waals surface area contributed by atoms with Crippen molar-refractivity contribution in [1.29, 1.82) is 0 Å². The Morgan fingerprint density at radius 3 is 2.71 bits per heavy atom. The third kappa shape index (κ3) is 3.02. The van der Waals surface area contributed by atoms with Gasteiger partial charge in [-0.25, -0.2) is 4.98 Å². The minimum atomic E-state index is 0.847. The summed E-state index contributed by atoms with van der Waals surface area (Å²) in [7, 11) is 0.